The van der Waals surface area contributed by atoms with Crippen molar-refractivity contribution < 1.29 is 50.4 Å². The SMILES string of the molecule is CC1=CC2C(O)C(O)CCC2C(C)(/C(O)=C2/C(=O)CNC2=O)C1CCC(C)C(O)/C(C)=C/CC(O)/C=C/C(C)C(O)/C=C/CC(O)/C(C)=C/CC(O)CC1CCCN1C(=N)N. The van der Waals surface area contributed by atoms with Crippen molar-refractivity contribution in [3.05, 3.63) is 70.6 Å². The zero-order chi connectivity index (χ0) is 45.3. The van der Waals surface area contributed by atoms with Gasteiger partial charge in [0.25, 0.3) is 5.91 Å². The normalized spacial score (nSPS) is 32.0. The van der Waals surface area contributed by atoms with Crippen LogP contribution in [0.3, 0.4) is 0 Å². The Bertz CT molecular complexity index is 1720. The van der Waals surface area contributed by atoms with Crippen LogP contribution in [-0.4, -0.2) is 125 Å². The Hall–Kier alpha value is -3.63. The third-order valence-electron chi connectivity index (χ3n) is 14.1. The largest absolute Gasteiger partial charge is 0.511 e. The molecule has 1 saturated carbocycles. The number of guanidine groups is 1. The summed E-state index contributed by atoms with van der Waals surface area (Å²) in [5.41, 5.74) is 6.61. The first-order valence-electron chi connectivity index (χ1n) is 22.2. The van der Waals surface area contributed by atoms with Gasteiger partial charge in [0, 0.05) is 29.8 Å². The smallest absolute Gasteiger partial charge is 0.258 e. The standard InChI is InChI=1S/C47H74N4O10/c1-26(37(54)10-7-11-38(55)27(2)13-18-33(53)24-31-9-8-22-51(31)46(48)49)12-16-32(52)17-14-28(3)42(58)29(4)15-19-35-30(5)23-34-36(20-21-39(56)43(34)59)47(35,6)44(60)41-40(57)25-50-45(41)61/h7,10,12-14,16,23,26,29,31-39,42-43,52-56,58-60H,8-9,11,15,17-22,24-25H2,1-6H3,(H3,48,49)(H,50,61)/b10-7+,16-12+,27-13+,28-14+,44-41+. The number of hydrogen-bond acceptors (Lipinski definition) is 11. The van der Waals surface area contributed by atoms with Crippen LogP contribution < -0.4 is 11.1 Å². The lowest BCUT2D eigenvalue weighted by Crippen LogP contribution is -2.53. The molecule has 2 heterocycles. The second-order valence-electron chi connectivity index (χ2n) is 18.5. The van der Waals surface area contributed by atoms with Crippen molar-refractivity contribution in [3.63, 3.8) is 0 Å². The number of allylic oxidation sites excluding steroid dienone is 2. The summed E-state index contributed by atoms with van der Waals surface area (Å²) in [5.74, 6) is -3.02. The van der Waals surface area contributed by atoms with Crippen LogP contribution >= 0.6 is 0 Å². The number of carbonyl (C=O) groups excluding carboxylic acids is 2. The Morgan fingerprint density at radius 3 is 2.34 bits per heavy atom. The monoisotopic (exact) mass is 855 g/mol. The summed E-state index contributed by atoms with van der Waals surface area (Å²) >= 11 is 0. The second kappa shape index (κ2) is 22.1. The van der Waals surface area contributed by atoms with Gasteiger partial charge in [0.05, 0.1) is 49.3 Å². The van der Waals surface area contributed by atoms with Gasteiger partial charge in [-0.2, -0.15) is 0 Å². The number of carbonyl (C=O) groups is 2. The number of Topliss-reactive ketones (excluding diaryl/α,β-unsaturated/α-hetero) is 1. The molecule has 2 aliphatic carbocycles. The highest BCUT2D eigenvalue weighted by Gasteiger charge is 2.56. The Morgan fingerprint density at radius 1 is 1.00 bits per heavy atom. The van der Waals surface area contributed by atoms with Crippen molar-refractivity contribution >= 4 is 17.6 Å². The highest BCUT2D eigenvalue weighted by atomic mass is 16.3. The maximum absolute atomic E-state index is 12.8. The number of fused-ring (bicyclic) bond motifs is 1. The Balaban J connectivity index is 1.28. The molecule has 0 aromatic heterocycles. The lowest BCUT2D eigenvalue weighted by molar-refractivity contribution is -0.118. The molecule has 14 atom stereocenters. The fourth-order valence-electron chi connectivity index (χ4n) is 10.0. The minimum atomic E-state index is -1.08. The van der Waals surface area contributed by atoms with Gasteiger partial charge in [-0.1, -0.05) is 68.9 Å². The molecule has 61 heavy (non-hydrogen) atoms. The van der Waals surface area contributed by atoms with E-state index in [2.05, 4.69) is 5.32 Å². The molecule has 14 nitrogen and oxygen atoms in total. The first-order valence-corrected chi connectivity index (χ1v) is 22.2. The molecule has 1 amide bonds. The van der Waals surface area contributed by atoms with Crippen molar-refractivity contribution in [2.45, 2.75) is 155 Å². The predicted octanol–water partition coefficient (Wildman–Crippen LogP) is 3.61. The number of likely N-dealkylation sites (tertiary alicyclic amines) is 1. The fourth-order valence-corrected chi connectivity index (χ4v) is 10.0. The molecule has 4 rings (SSSR count). The van der Waals surface area contributed by atoms with E-state index < -0.39 is 65.8 Å². The molecule has 14 heteroatoms. The summed E-state index contributed by atoms with van der Waals surface area (Å²) in [4.78, 5) is 27.3. The van der Waals surface area contributed by atoms with Crippen LogP contribution in [0.5, 0.6) is 0 Å². The molecular formula is C47H74N4O10. The van der Waals surface area contributed by atoms with Gasteiger partial charge in [0.1, 0.15) is 11.3 Å². The van der Waals surface area contributed by atoms with E-state index in [0.29, 0.717) is 44.1 Å². The molecule has 12 N–H and O–H groups in total. The number of nitrogens with zero attached hydrogens (tertiary/aromatic N) is 1. The van der Waals surface area contributed by atoms with Gasteiger partial charge in [-0.05, 0) is 114 Å². The average Bonchev–Trinajstić information content (AvgIpc) is 3.83. The van der Waals surface area contributed by atoms with Crippen LogP contribution in [0.2, 0.25) is 0 Å². The number of aliphatic hydroxyl groups is 8. The summed E-state index contributed by atoms with van der Waals surface area (Å²) in [5, 5.41) is 97.4. The first kappa shape index (κ1) is 50.0. The van der Waals surface area contributed by atoms with Crippen LogP contribution in [-0.2, 0) is 9.59 Å². The number of hydrogen-bond donors (Lipinski definition) is 11. The van der Waals surface area contributed by atoms with Crippen LogP contribution in [0.1, 0.15) is 106 Å². The molecule has 0 bridgehead atoms. The van der Waals surface area contributed by atoms with Gasteiger partial charge in [-0.15, -0.1) is 0 Å². The van der Waals surface area contributed by atoms with E-state index in [-0.39, 0.29) is 66.4 Å². The number of aliphatic hydroxyl groups excluding tert-OH is 8. The summed E-state index contributed by atoms with van der Waals surface area (Å²) in [6.45, 7) is 11.6. The molecule has 3 fully saturated rings. The number of nitrogens with two attached hydrogens (primary N) is 1. The molecule has 2 saturated heterocycles. The van der Waals surface area contributed by atoms with Gasteiger partial charge < -0.3 is 56.8 Å². The van der Waals surface area contributed by atoms with E-state index in [9.17, 15) is 50.4 Å². The summed E-state index contributed by atoms with van der Waals surface area (Å²) in [6, 6.07) is 0.0491. The van der Waals surface area contributed by atoms with Crippen molar-refractivity contribution in [2.75, 3.05) is 13.1 Å². The molecule has 0 aromatic carbocycles. The van der Waals surface area contributed by atoms with Gasteiger partial charge >= 0.3 is 0 Å². The zero-order valence-electron chi connectivity index (χ0n) is 37.0. The quantitative estimate of drug-likeness (QED) is 0.0223. The van der Waals surface area contributed by atoms with Crippen LogP contribution in [0.15, 0.2) is 70.6 Å². The lowest BCUT2D eigenvalue weighted by atomic mass is 9.51. The van der Waals surface area contributed by atoms with Gasteiger partial charge in [0.2, 0.25) is 0 Å². The molecule has 342 valence electrons. The Labute approximate surface area is 361 Å². The molecular weight excluding hydrogens is 781 g/mol. The van der Waals surface area contributed by atoms with E-state index in [0.717, 1.165) is 30.5 Å². The van der Waals surface area contributed by atoms with Crippen LogP contribution in [0, 0.1) is 40.4 Å². The third-order valence-corrected chi connectivity index (χ3v) is 14.1. The minimum Gasteiger partial charge on any atom is -0.511 e. The van der Waals surface area contributed by atoms with Crippen molar-refractivity contribution in [3.8, 4) is 0 Å². The third kappa shape index (κ3) is 12.3. The molecule has 2 aliphatic heterocycles. The highest BCUT2D eigenvalue weighted by Crippen LogP contribution is 2.58. The summed E-state index contributed by atoms with van der Waals surface area (Å²) in [7, 11) is 0. The minimum absolute atomic E-state index is 0.0283. The Kier molecular flexibility index (Phi) is 18.1. The van der Waals surface area contributed by atoms with E-state index in [1.165, 1.54) is 0 Å². The number of nitrogens with one attached hydrogen (secondary N) is 2. The maximum Gasteiger partial charge on any atom is 0.258 e. The van der Waals surface area contributed by atoms with Crippen molar-refractivity contribution in [2.24, 2.45) is 40.7 Å². The number of ketones is 1. The average molecular weight is 855 g/mol. The molecule has 0 radical (unpaired) electrons. The van der Waals surface area contributed by atoms with E-state index in [4.69, 9.17) is 11.1 Å². The van der Waals surface area contributed by atoms with Crippen LogP contribution in [0.25, 0.3) is 0 Å². The van der Waals surface area contributed by atoms with Crippen LogP contribution in [0.4, 0.5) is 0 Å². The van der Waals surface area contributed by atoms with Gasteiger partial charge in [-0.25, -0.2) is 0 Å². The predicted molar refractivity (Wildman–Crippen MR) is 235 cm³/mol. The number of amides is 1. The summed E-state index contributed by atoms with van der Waals surface area (Å²) < 4.78 is 0. The highest BCUT2D eigenvalue weighted by molar-refractivity contribution is 6.25. The Morgan fingerprint density at radius 2 is 1.69 bits per heavy atom. The van der Waals surface area contributed by atoms with Crippen molar-refractivity contribution in [1.29, 1.82) is 5.41 Å². The van der Waals surface area contributed by atoms with Gasteiger partial charge in [0.15, 0.2) is 11.7 Å². The van der Waals surface area contributed by atoms with E-state index in [1.54, 1.807) is 44.2 Å². The molecule has 0 spiro atoms. The lowest BCUT2D eigenvalue weighted by Gasteiger charge is -2.54. The van der Waals surface area contributed by atoms with E-state index >= 15 is 0 Å². The maximum atomic E-state index is 12.8. The number of rotatable bonds is 19. The summed E-state index contributed by atoms with van der Waals surface area (Å²) in [6.07, 6.45) is 11.4. The van der Waals surface area contributed by atoms with Gasteiger partial charge in [-0.3, -0.25) is 15.0 Å². The topological polar surface area (TPSA) is 261 Å². The molecule has 14 unspecified atom stereocenters. The van der Waals surface area contributed by atoms with Crippen molar-refractivity contribution in [1.82, 2.24) is 10.2 Å². The zero-order valence-corrected chi connectivity index (χ0v) is 37.0. The second-order valence-corrected chi connectivity index (χ2v) is 18.5. The molecule has 4 aliphatic rings. The van der Waals surface area contributed by atoms with E-state index in [1.807, 2.05) is 44.7 Å². The first-order chi connectivity index (χ1) is 28.7. The molecule has 0 aromatic rings. The fraction of sp³-hybridized carbons (Fsp3) is 0.681.